The molecule has 4 nitrogen and oxygen atoms in total. The molecule has 90 valence electrons. The van der Waals surface area contributed by atoms with Gasteiger partial charge in [0, 0.05) is 12.4 Å². The summed E-state index contributed by atoms with van der Waals surface area (Å²) in [6, 6.07) is 0. The van der Waals surface area contributed by atoms with E-state index < -0.39 is 10.0 Å². The van der Waals surface area contributed by atoms with Crippen LogP contribution in [0.2, 0.25) is 0 Å². The van der Waals surface area contributed by atoms with Crippen LogP contribution in [0.3, 0.4) is 0 Å². The third-order valence-electron chi connectivity index (χ3n) is 2.73. The molecular formula is C9H18ClNO3S. The third-order valence-corrected chi connectivity index (χ3v) is 4.43. The lowest BCUT2D eigenvalue weighted by Crippen LogP contribution is -2.34. The van der Waals surface area contributed by atoms with Crippen molar-refractivity contribution >= 4 is 21.6 Å². The molecule has 1 aliphatic rings. The number of sulfonamides is 1. The molecule has 0 aromatic carbocycles. The van der Waals surface area contributed by atoms with Crippen LogP contribution < -0.4 is 4.72 Å². The molecule has 2 atom stereocenters. The van der Waals surface area contributed by atoms with Crippen molar-refractivity contribution in [3.63, 3.8) is 0 Å². The average molecular weight is 256 g/mol. The fraction of sp³-hybridized carbons (Fsp3) is 1.00. The summed E-state index contributed by atoms with van der Waals surface area (Å²) in [6.07, 6.45) is 2.79. The molecule has 0 aromatic heterocycles. The number of nitrogens with one attached hydrogen (secondary N) is 1. The van der Waals surface area contributed by atoms with Crippen molar-refractivity contribution in [2.24, 2.45) is 5.92 Å². The Hall–Kier alpha value is 0.160. The number of alkyl halides is 1. The molecule has 1 rings (SSSR count). The summed E-state index contributed by atoms with van der Waals surface area (Å²) in [5.74, 6) is 0.502. The minimum Gasteiger partial charge on any atom is -0.393 e. The van der Waals surface area contributed by atoms with E-state index in [1.807, 2.05) is 0 Å². The van der Waals surface area contributed by atoms with Crippen LogP contribution in [-0.4, -0.2) is 37.8 Å². The summed E-state index contributed by atoms with van der Waals surface area (Å²) in [4.78, 5) is 0. The van der Waals surface area contributed by atoms with Crippen LogP contribution in [0.1, 0.15) is 25.7 Å². The van der Waals surface area contributed by atoms with Gasteiger partial charge in [0.05, 0.1) is 11.9 Å². The standard InChI is InChI=1S/C9H18ClNO3S/c10-5-2-6-15(13,14)11-7-8-3-1-4-9(8)12/h8-9,11-12H,1-7H2. The highest BCUT2D eigenvalue weighted by atomic mass is 35.5. The highest BCUT2D eigenvalue weighted by Crippen LogP contribution is 2.24. The Morgan fingerprint density at radius 3 is 2.67 bits per heavy atom. The molecule has 1 fully saturated rings. The molecule has 1 saturated carbocycles. The highest BCUT2D eigenvalue weighted by Gasteiger charge is 2.26. The van der Waals surface area contributed by atoms with E-state index in [2.05, 4.69) is 4.72 Å². The average Bonchev–Trinajstić information content (AvgIpc) is 2.58. The summed E-state index contributed by atoms with van der Waals surface area (Å²) in [7, 11) is -3.20. The molecule has 0 heterocycles. The molecule has 0 spiro atoms. The highest BCUT2D eigenvalue weighted by molar-refractivity contribution is 7.89. The van der Waals surface area contributed by atoms with Crippen molar-refractivity contribution in [2.45, 2.75) is 31.8 Å². The van der Waals surface area contributed by atoms with Crippen molar-refractivity contribution in [3.8, 4) is 0 Å². The molecule has 0 bridgehead atoms. The number of rotatable bonds is 6. The van der Waals surface area contributed by atoms with Gasteiger partial charge in [-0.15, -0.1) is 11.6 Å². The van der Waals surface area contributed by atoms with E-state index in [-0.39, 0.29) is 17.8 Å². The summed E-state index contributed by atoms with van der Waals surface area (Å²) in [6.45, 7) is 0.353. The lowest BCUT2D eigenvalue weighted by molar-refractivity contribution is 0.134. The lowest BCUT2D eigenvalue weighted by atomic mass is 10.1. The van der Waals surface area contributed by atoms with Crippen LogP contribution >= 0.6 is 11.6 Å². The molecule has 15 heavy (non-hydrogen) atoms. The Bertz CT molecular complexity index is 281. The Balaban J connectivity index is 2.29. The first kappa shape index (κ1) is 13.2. The third kappa shape index (κ3) is 4.68. The van der Waals surface area contributed by atoms with Gasteiger partial charge >= 0.3 is 0 Å². The topological polar surface area (TPSA) is 66.4 Å². The van der Waals surface area contributed by atoms with E-state index in [0.29, 0.717) is 18.8 Å². The summed E-state index contributed by atoms with van der Waals surface area (Å²) < 4.78 is 25.3. The first-order chi connectivity index (χ1) is 7.05. The maximum atomic E-state index is 11.4. The molecule has 2 unspecified atom stereocenters. The van der Waals surface area contributed by atoms with E-state index in [1.165, 1.54) is 0 Å². The van der Waals surface area contributed by atoms with Gasteiger partial charge < -0.3 is 5.11 Å². The second-order valence-corrected chi connectivity index (χ2v) is 6.27. The van der Waals surface area contributed by atoms with Crippen LogP contribution in [0.15, 0.2) is 0 Å². The number of aliphatic hydroxyl groups is 1. The van der Waals surface area contributed by atoms with Gasteiger partial charge in [-0.25, -0.2) is 13.1 Å². The first-order valence-corrected chi connectivity index (χ1v) is 7.45. The quantitative estimate of drug-likeness (QED) is 0.687. The molecular weight excluding hydrogens is 238 g/mol. The van der Waals surface area contributed by atoms with Gasteiger partial charge in [-0.3, -0.25) is 0 Å². The smallest absolute Gasteiger partial charge is 0.211 e. The summed E-state index contributed by atoms with van der Waals surface area (Å²) in [5, 5.41) is 9.51. The zero-order valence-electron chi connectivity index (χ0n) is 8.65. The maximum absolute atomic E-state index is 11.4. The number of hydrogen-bond acceptors (Lipinski definition) is 3. The van der Waals surface area contributed by atoms with Gasteiger partial charge in [0.2, 0.25) is 10.0 Å². The Labute approximate surface area is 96.1 Å². The van der Waals surface area contributed by atoms with Gasteiger partial charge in [-0.05, 0) is 25.2 Å². The Morgan fingerprint density at radius 1 is 1.40 bits per heavy atom. The zero-order chi connectivity index (χ0) is 11.3. The molecule has 2 N–H and O–H groups in total. The Morgan fingerprint density at radius 2 is 2.13 bits per heavy atom. The van der Waals surface area contributed by atoms with Crippen molar-refractivity contribution in [1.82, 2.24) is 4.72 Å². The normalized spacial score (nSPS) is 27.1. The van der Waals surface area contributed by atoms with Gasteiger partial charge in [-0.1, -0.05) is 6.42 Å². The van der Waals surface area contributed by atoms with Crippen molar-refractivity contribution < 1.29 is 13.5 Å². The molecule has 0 radical (unpaired) electrons. The summed E-state index contributed by atoms with van der Waals surface area (Å²) in [5.41, 5.74) is 0. The van der Waals surface area contributed by atoms with E-state index in [0.717, 1.165) is 19.3 Å². The van der Waals surface area contributed by atoms with Crippen molar-refractivity contribution in [1.29, 1.82) is 0 Å². The molecule has 0 aromatic rings. The Kier molecular flexibility index (Phi) is 5.32. The van der Waals surface area contributed by atoms with Crippen LogP contribution in [0.25, 0.3) is 0 Å². The predicted octanol–water partition coefficient (Wildman–Crippen LogP) is 0.696. The minimum absolute atomic E-state index is 0.0688. The second kappa shape index (κ2) is 6.03. The fourth-order valence-corrected chi connectivity index (χ4v) is 3.23. The number of halogens is 1. The second-order valence-electron chi connectivity index (χ2n) is 3.97. The van der Waals surface area contributed by atoms with Gasteiger partial charge in [0.25, 0.3) is 0 Å². The minimum atomic E-state index is -3.20. The van der Waals surface area contributed by atoms with E-state index in [4.69, 9.17) is 11.6 Å². The van der Waals surface area contributed by atoms with Gasteiger partial charge in [-0.2, -0.15) is 0 Å². The fourth-order valence-electron chi connectivity index (χ4n) is 1.81. The molecule has 0 saturated heterocycles. The SMILES string of the molecule is O=S(=O)(CCCCl)NCC1CCCC1O. The van der Waals surface area contributed by atoms with Crippen molar-refractivity contribution in [2.75, 3.05) is 18.2 Å². The summed E-state index contributed by atoms with van der Waals surface area (Å²) >= 11 is 5.43. The zero-order valence-corrected chi connectivity index (χ0v) is 10.2. The van der Waals surface area contributed by atoms with Gasteiger partial charge in [0.1, 0.15) is 0 Å². The maximum Gasteiger partial charge on any atom is 0.211 e. The van der Waals surface area contributed by atoms with Crippen LogP contribution in [0.5, 0.6) is 0 Å². The van der Waals surface area contributed by atoms with E-state index in [1.54, 1.807) is 0 Å². The van der Waals surface area contributed by atoms with Crippen LogP contribution in [-0.2, 0) is 10.0 Å². The largest absolute Gasteiger partial charge is 0.393 e. The monoisotopic (exact) mass is 255 g/mol. The first-order valence-electron chi connectivity index (χ1n) is 5.26. The van der Waals surface area contributed by atoms with E-state index >= 15 is 0 Å². The van der Waals surface area contributed by atoms with Crippen LogP contribution in [0, 0.1) is 5.92 Å². The van der Waals surface area contributed by atoms with Crippen LogP contribution in [0.4, 0.5) is 0 Å². The van der Waals surface area contributed by atoms with Gasteiger partial charge in [0.15, 0.2) is 0 Å². The van der Waals surface area contributed by atoms with E-state index in [9.17, 15) is 13.5 Å². The molecule has 1 aliphatic carbocycles. The number of hydrogen-bond donors (Lipinski definition) is 2. The molecule has 0 amide bonds. The van der Waals surface area contributed by atoms with Crippen molar-refractivity contribution in [3.05, 3.63) is 0 Å². The predicted molar refractivity (Wildman–Crippen MR) is 60.5 cm³/mol. The molecule has 6 heteroatoms. The number of aliphatic hydroxyl groups excluding tert-OH is 1. The lowest BCUT2D eigenvalue weighted by Gasteiger charge is -2.14. The molecule has 0 aliphatic heterocycles.